The van der Waals surface area contributed by atoms with E-state index in [0.717, 1.165) is 28.8 Å². The second-order valence-corrected chi connectivity index (χ2v) is 7.44. The average molecular weight is 481 g/mol. The lowest BCUT2D eigenvalue weighted by molar-refractivity contribution is 0.0969. The Bertz CT molecular complexity index is 815. The molecule has 0 aliphatic rings. The maximum absolute atomic E-state index is 12.7. The Morgan fingerprint density at radius 1 is 1.07 bits per heavy atom. The van der Waals surface area contributed by atoms with Crippen molar-refractivity contribution in [1.82, 2.24) is 5.32 Å². The third-order valence-electron chi connectivity index (χ3n) is 3.84. The van der Waals surface area contributed by atoms with Crippen LogP contribution in [0.1, 0.15) is 30.1 Å². The Kier molecular flexibility index (Phi) is 9.90. The Balaban J connectivity index is 1.95. The van der Waals surface area contributed by atoms with E-state index >= 15 is 0 Å². The molecule has 0 aliphatic carbocycles. The molecule has 1 amide bonds. The Morgan fingerprint density at radius 2 is 1.83 bits per heavy atom. The molecule has 0 aromatic heterocycles. The molecule has 0 aliphatic heterocycles. The molecule has 2 aromatic rings. The zero-order chi connectivity index (χ0) is 21.1. The van der Waals surface area contributed by atoms with Gasteiger partial charge in [0.2, 0.25) is 0 Å². The first kappa shape index (κ1) is 23.1. The summed E-state index contributed by atoms with van der Waals surface area (Å²) in [6.45, 7) is 3.58. The van der Waals surface area contributed by atoms with Crippen molar-refractivity contribution in [2.75, 3.05) is 32.2 Å². The van der Waals surface area contributed by atoms with Crippen LogP contribution in [0, 0.1) is 0 Å². The van der Waals surface area contributed by atoms with Gasteiger partial charge < -0.3 is 19.5 Å². The fourth-order valence-corrected chi connectivity index (χ4v) is 2.91. The van der Waals surface area contributed by atoms with Crippen LogP contribution in [0.3, 0.4) is 0 Å². The Hall–Kier alpha value is -2.16. The highest BCUT2D eigenvalue weighted by Crippen LogP contribution is 2.23. The normalized spacial score (nSPS) is 10.3. The standard InChI is InChI=1S/C21H25BrN2O4S/c1-3-4-11-27-17-8-6-16(7-9-17)23-21(29)24-20(25)18-14-15(22)5-10-19(18)28-13-12-26-2/h5-10,14H,3-4,11-13H2,1-2H3,(H2,23,24,25,29). The number of unbranched alkanes of at least 4 members (excludes halogenated alkanes) is 1. The molecule has 0 unspecified atom stereocenters. The van der Waals surface area contributed by atoms with Crippen molar-refractivity contribution < 1.29 is 19.0 Å². The lowest BCUT2D eigenvalue weighted by atomic mass is 10.2. The number of halogens is 1. The molecule has 156 valence electrons. The van der Waals surface area contributed by atoms with Gasteiger partial charge in [-0.15, -0.1) is 0 Å². The van der Waals surface area contributed by atoms with Crippen molar-refractivity contribution in [3.8, 4) is 11.5 Å². The molecule has 0 spiro atoms. The number of carbonyl (C=O) groups is 1. The molecule has 0 saturated heterocycles. The van der Waals surface area contributed by atoms with Crippen LogP contribution < -0.4 is 20.1 Å². The van der Waals surface area contributed by atoms with Crippen LogP contribution in [-0.4, -0.2) is 38.0 Å². The minimum Gasteiger partial charge on any atom is -0.494 e. The smallest absolute Gasteiger partial charge is 0.261 e. The number of rotatable bonds is 10. The number of nitrogens with one attached hydrogen (secondary N) is 2. The van der Waals surface area contributed by atoms with E-state index in [1.54, 1.807) is 25.3 Å². The fraction of sp³-hybridized carbons (Fsp3) is 0.333. The molecule has 2 rings (SSSR count). The van der Waals surface area contributed by atoms with Crippen molar-refractivity contribution in [1.29, 1.82) is 0 Å². The molecule has 0 radical (unpaired) electrons. The predicted octanol–water partition coefficient (Wildman–Crippen LogP) is 4.78. The minimum absolute atomic E-state index is 0.192. The van der Waals surface area contributed by atoms with E-state index in [9.17, 15) is 4.79 Å². The van der Waals surface area contributed by atoms with Gasteiger partial charge in [-0.05, 0) is 61.1 Å². The van der Waals surface area contributed by atoms with Gasteiger partial charge in [0.25, 0.3) is 5.91 Å². The summed E-state index contributed by atoms with van der Waals surface area (Å²) in [6, 6.07) is 12.6. The number of methoxy groups -OCH3 is 1. The van der Waals surface area contributed by atoms with Crippen molar-refractivity contribution in [2.24, 2.45) is 0 Å². The second-order valence-electron chi connectivity index (χ2n) is 6.12. The molecular weight excluding hydrogens is 456 g/mol. The highest BCUT2D eigenvalue weighted by atomic mass is 79.9. The van der Waals surface area contributed by atoms with E-state index in [1.807, 2.05) is 24.3 Å². The van der Waals surface area contributed by atoms with E-state index in [0.29, 0.717) is 31.1 Å². The number of hydrogen-bond donors (Lipinski definition) is 2. The summed E-state index contributed by atoms with van der Waals surface area (Å²) in [5, 5.41) is 5.86. The first-order valence-corrected chi connectivity index (χ1v) is 10.5. The monoisotopic (exact) mass is 480 g/mol. The number of benzene rings is 2. The van der Waals surface area contributed by atoms with Gasteiger partial charge in [-0.25, -0.2) is 0 Å². The quantitative estimate of drug-likeness (QED) is 0.376. The Labute approximate surface area is 185 Å². The molecule has 0 atom stereocenters. The number of amides is 1. The number of hydrogen-bond acceptors (Lipinski definition) is 5. The number of ether oxygens (including phenoxy) is 3. The lowest BCUT2D eigenvalue weighted by Gasteiger charge is -2.14. The van der Waals surface area contributed by atoms with Gasteiger partial charge >= 0.3 is 0 Å². The van der Waals surface area contributed by atoms with Gasteiger partial charge in [-0.2, -0.15) is 0 Å². The average Bonchev–Trinajstić information content (AvgIpc) is 2.70. The van der Waals surface area contributed by atoms with Gasteiger partial charge in [0, 0.05) is 17.3 Å². The predicted molar refractivity (Wildman–Crippen MR) is 122 cm³/mol. The molecule has 8 heteroatoms. The van der Waals surface area contributed by atoms with Gasteiger partial charge in [0.05, 0.1) is 18.8 Å². The zero-order valence-corrected chi connectivity index (χ0v) is 18.9. The second kappa shape index (κ2) is 12.4. The van der Waals surface area contributed by atoms with Crippen molar-refractivity contribution in [2.45, 2.75) is 19.8 Å². The van der Waals surface area contributed by atoms with Gasteiger partial charge in [0.1, 0.15) is 18.1 Å². The summed E-state index contributed by atoms with van der Waals surface area (Å²) in [5.41, 5.74) is 1.13. The summed E-state index contributed by atoms with van der Waals surface area (Å²) >= 11 is 8.64. The summed E-state index contributed by atoms with van der Waals surface area (Å²) < 4.78 is 17.0. The molecule has 0 bridgehead atoms. The van der Waals surface area contributed by atoms with Crippen molar-refractivity contribution >= 4 is 44.9 Å². The van der Waals surface area contributed by atoms with Gasteiger partial charge in [0.15, 0.2) is 5.11 Å². The van der Waals surface area contributed by atoms with Crippen molar-refractivity contribution in [3.05, 3.63) is 52.5 Å². The molecule has 29 heavy (non-hydrogen) atoms. The van der Waals surface area contributed by atoms with Crippen LogP contribution in [0.25, 0.3) is 0 Å². The summed E-state index contributed by atoms with van der Waals surface area (Å²) in [5.74, 6) is 0.890. The number of carbonyl (C=O) groups excluding carboxylic acids is 1. The zero-order valence-electron chi connectivity index (χ0n) is 16.5. The minimum atomic E-state index is -0.365. The summed E-state index contributed by atoms with van der Waals surface area (Å²) in [6.07, 6.45) is 2.10. The van der Waals surface area contributed by atoms with Crippen LogP contribution in [0.5, 0.6) is 11.5 Å². The van der Waals surface area contributed by atoms with Gasteiger partial charge in [-0.1, -0.05) is 29.3 Å². The van der Waals surface area contributed by atoms with E-state index in [-0.39, 0.29) is 11.0 Å². The lowest BCUT2D eigenvalue weighted by Crippen LogP contribution is -2.34. The molecule has 2 N–H and O–H groups in total. The molecule has 0 fully saturated rings. The number of anilines is 1. The highest BCUT2D eigenvalue weighted by molar-refractivity contribution is 9.10. The largest absolute Gasteiger partial charge is 0.494 e. The van der Waals surface area contributed by atoms with E-state index in [2.05, 4.69) is 33.5 Å². The molecule has 6 nitrogen and oxygen atoms in total. The van der Waals surface area contributed by atoms with Crippen LogP contribution in [0.4, 0.5) is 5.69 Å². The molecule has 0 saturated carbocycles. The maximum Gasteiger partial charge on any atom is 0.261 e. The molecule has 2 aromatic carbocycles. The van der Waals surface area contributed by atoms with Crippen molar-refractivity contribution in [3.63, 3.8) is 0 Å². The third kappa shape index (κ3) is 8.00. The van der Waals surface area contributed by atoms with Gasteiger partial charge in [-0.3, -0.25) is 10.1 Å². The van der Waals surface area contributed by atoms with E-state index < -0.39 is 0 Å². The molecular formula is C21H25BrN2O4S. The summed E-state index contributed by atoms with van der Waals surface area (Å²) in [4.78, 5) is 12.7. The SMILES string of the molecule is CCCCOc1ccc(NC(=S)NC(=O)c2cc(Br)ccc2OCCOC)cc1. The third-order valence-corrected chi connectivity index (χ3v) is 4.53. The number of thiocarbonyl (C=S) groups is 1. The van der Waals surface area contributed by atoms with Crippen LogP contribution in [0.15, 0.2) is 46.9 Å². The van der Waals surface area contributed by atoms with E-state index in [1.165, 1.54) is 0 Å². The van der Waals surface area contributed by atoms with Crippen LogP contribution in [0.2, 0.25) is 0 Å². The molecule has 0 heterocycles. The summed E-state index contributed by atoms with van der Waals surface area (Å²) in [7, 11) is 1.59. The topological polar surface area (TPSA) is 68.8 Å². The van der Waals surface area contributed by atoms with Crippen LogP contribution >= 0.6 is 28.1 Å². The Morgan fingerprint density at radius 3 is 2.52 bits per heavy atom. The van der Waals surface area contributed by atoms with Crippen LogP contribution in [-0.2, 0) is 4.74 Å². The highest BCUT2D eigenvalue weighted by Gasteiger charge is 2.15. The fourth-order valence-electron chi connectivity index (χ4n) is 2.34. The van der Waals surface area contributed by atoms with E-state index in [4.69, 9.17) is 26.4 Å². The maximum atomic E-state index is 12.7. The first-order chi connectivity index (χ1) is 14.0. The first-order valence-electron chi connectivity index (χ1n) is 9.30.